The molecule has 0 fully saturated rings. The second-order valence-electron chi connectivity index (χ2n) is 4.13. The van der Waals surface area contributed by atoms with Gasteiger partial charge < -0.3 is 15.2 Å². The second kappa shape index (κ2) is 7.05. The lowest BCUT2D eigenvalue weighted by Crippen LogP contribution is -2.35. The van der Waals surface area contributed by atoms with E-state index in [1.807, 2.05) is 20.8 Å². The van der Waals surface area contributed by atoms with E-state index in [0.717, 1.165) is 0 Å². The number of nitrogens with two attached hydrogens (primary N) is 1. The minimum absolute atomic E-state index is 0.185. The number of rotatable bonds is 8. The first kappa shape index (κ1) is 15.4. The van der Waals surface area contributed by atoms with E-state index in [1.165, 1.54) is 0 Å². The molecule has 108 valence electrons. The molecule has 1 aromatic heterocycles. The number of hydrogen-bond donors (Lipinski definition) is 4. The highest BCUT2D eigenvalue weighted by atomic mass is 16.5. The van der Waals surface area contributed by atoms with Crippen molar-refractivity contribution < 1.29 is 9.84 Å². The Morgan fingerprint density at radius 2 is 1.79 bits per heavy atom. The van der Waals surface area contributed by atoms with Gasteiger partial charge in [-0.2, -0.15) is 15.0 Å². The van der Waals surface area contributed by atoms with Crippen molar-refractivity contribution in [2.75, 3.05) is 23.9 Å². The van der Waals surface area contributed by atoms with Gasteiger partial charge in [-0.3, -0.25) is 5.43 Å². The number of ether oxygens (including phenoxy) is 1. The van der Waals surface area contributed by atoms with Gasteiger partial charge in [0.25, 0.3) is 0 Å². The quantitative estimate of drug-likeness (QED) is 0.399. The molecule has 1 rings (SSSR count). The van der Waals surface area contributed by atoms with Crippen LogP contribution in [0, 0.1) is 0 Å². The zero-order chi connectivity index (χ0) is 14.3. The van der Waals surface area contributed by atoms with E-state index in [-0.39, 0.29) is 12.0 Å². The van der Waals surface area contributed by atoms with E-state index >= 15 is 0 Å². The molecule has 1 heterocycles. The van der Waals surface area contributed by atoms with Gasteiger partial charge >= 0.3 is 6.01 Å². The molecule has 5 N–H and O–H groups in total. The van der Waals surface area contributed by atoms with Crippen molar-refractivity contribution in [3.8, 4) is 6.01 Å². The lowest BCUT2D eigenvalue weighted by Gasteiger charge is -2.25. The van der Waals surface area contributed by atoms with Gasteiger partial charge in [-0.25, -0.2) is 5.84 Å². The van der Waals surface area contributed by atoms with Crippen molar-refractivity contribution in [3.63, 3.8) is 0 Å². The van der Waals surface area contributed by atoms with Crippen LogP contribution >= 0.6 is 0 Å². The standard InChI is InChI=1S/C11H22N6O2/c1-4-11(18,5-2)7-13-8-14-9(17-12)16-10(15-8)19-6-3/h18H,4-7,12H2,1-3H3,(H2,13,14,15,16,17). The zero-order valence-electron chi connectivity index (χ0n) is 11.6. The first-order chi connectivity index (χ1) is 9.06. The molecular weight excluding hydrogens is 248 g/mol. The van der Waals surface area contributed by atoms with Crippen LogP contribution in [0.2, 0.25) is 0 Å². The molecule has 0 bridgehead atoms. The van der Waals surface area contributed by atoms with Gasteiger partial charge in [0.15, 0.2) is 0 Å². The Morgan fingerprint density at radius 3 is 2.32 bits per heavy atom. The number of nitrogen functional groups attached to an aromatic ring is 1. The van der Waals surface area contributed by atoms with Crippen molar-refractivity contribution in [2.24, 2.45) is 5.84 Å². The summed E-state index contributed by atoms with van der Waals surface area (Å²) in [6.07, 6.45) is 1.28. The maximum Gasteiger partial charge on any atom is 0.323 e. The van der Waals surface area contributed by atoms with Gasteiger partial charge in [-0.05, 0) is 19.8 Å². The molecule has 0 spiro atoms. The van der Waals surface area contributed by atoms with Gasteiger partial charge in [0.1, 0.15) is 0 Å². The third-order valence-electron chi connectivity index (χ3n) is 2.91. The Labute approximate surface area is 112 Å². The van der Waals surface area contributed by atoms with Gasteiger partial charge in [0, 0.05) is 6.54 Å². The molecule has 19 heavy (non-hydrogen) atoms. The molecule has 8 heteroatoms. The van der Waals surface area contributed by atoms with Crippen LogP contribution in [0.25, 0.3) is 0 Å². The Morgan fingerprint density at radius 1 is 1.16 bits per heavy atom. The lowest BCUT2D eigenvalue weighted by molar-refractivity contribution is 0.0455. The number of anilines is 2. The number of hydrogen-bond acceptors (Lipinski definition) is 8. The summed E-state index contributed by atoms with van der Waals surface area (Å²) in [4.78, 5) is 12.1. The first-order valence-corrected chi connectivity index (χ1v) is 6.38. The summed E-state index contributed by atoms with van der Waals surface area (Å²) in [7, 11) is 0. The fourth-order valence-corrected chi connectivity index (χ4v) is 1.44. The minimum atomic E-state index is -0.783. The predicted octanol–water partition coefficient (Wildman–Crippen LogP) is 0.519. The highest BCUT2D eigenvalue weighted by Crippen LogP contribution is 2.16. The van der Waals surface area contributed by atoms with E-state index in [2.05, 4.69) is 25.7 Å². The smallest absolute Gasteiger partial charge is 0.323 e. The summed E-state index contributed by atoms with van der Waals surface area (Å²) in [6, 6.07) is 0.185. The number of hydrazine groups is 1. The molecule has 0 saturated carbocycles. The third-order valence-corrected chi connectivity index (χ3v) is 2.91. The molecule has 0 aliphatic carbocycles. The summed E-state index contributed by atoms with van der Waals surface area (Å²) >= 11 is 0. The second-order valence-corrected chi connectivity index (χ2v) is 4.13. The van der Waals surface area contributed by atoms with Crippen LogP contribution < -0.4 is 21.3 Å². The summed E-state index contributed by atoms with van der Waals surface area (Å²) in [5.41, 5.74) is 1.56. The van der Waals surface area contributed by atoms with Crippen LogP contribution in [-0.2, 0) is 0 Å². The number of nitrogens with one attached hydrogen (secondary N) is 2. The van der Waals surface area contributed by atoms with Gasteiger partial charge in [-0.1, -0.05) is 13.8 Å². The largest absolute Gasteiger partial charge is 0.464 e. The van der Waals surface area contributed by atoms with Crippen LogP contribution in [0.4, 0.5) is 11.9 Å². The number of aliphatic hydroxyl groups is 1. The molecule has 0 atom stereocenters. The summed E-state index contributed by atoms with van der Waals surface area (Å²) in [6.45, 7) is 6.48. The van der Waals surface area contributed by atoms with Gasteiger partial charge in [0.05, 0.1) is 12.2 Å². The summed E-state index contributed by atoms with van der Waals surface area (Å²) in [5.74, 6) is 5.80. The van der Waals surface area contributed by atoms with Crippen molar-refractivity contribution in [1.82, 2.24) is 15.0 Å². The predicted molar refractivity (Wildman–Crippen MR) is 72.8 cm³/mol. The molecular formula is C11H22N6O2. The normalized spacial score (nSPS) is 11.2. The topological polar surface area (TPSA) is 118 Å². The molecule has 0 amide bonds. The van der Waals surface area contributed by atoms with Crippen molar-refractivity contribution in [2.45, 2.75) is 39.2 Å². The van der Waals surface area contributed by atoms with Gasteiger partial charge in [-0.15, -0.1) is 0 Å². The van der Waals surface area contributed by atoms with E-state index in [0.29, 0.717) is 31.9 Å². The summed E-state index contributed by atoms with van der Waals surface area (Å²) in [5, 5.41) is 13.2. The number of nitrogens with zero attached hydrogens (tertiary/aromatic N) is 3. The molecule has 0 radical (unpaired) electrons. The third kappa shape index (κ3) is 4.49. The Balaban J connectivity index is 2.79. The van der Waals surface area contributed by atoms with E-state index in [9.17, 15) is 5.11 Å². The average Bonchev–Trinajstić information content (AvgIpc) is 2.45. The maximum atomic E-state index is 10.2. The zero-order valence-corrected chi connectivity index (χ0v) is 11.6. The Hall–Kier alpha value is -1.67. The molecule has 0 aliphatic heterocycles. The molecule has 0 unspecified atom stereocenters. The molecule has 8 nitrogen and oxygen atoms in total. The molecule has 0 aromatic carbocycles. The highest BCUT2D eigenvalue weighted by Gasteiger charge is 2.22. The fourth-order valence-electron chi connectivity index (χ4n) is 1.44. The fraction of sp³-hybridized carbons (Fsp3) is 0.727. The first-order valence-electron chi connectivity index (χ1n) is 6.38. The van der Waals surface area contributed by atoms with E-state index in [1.54, 1.807) is 0 Å². The average molecular weight is 270 g/mol. The maximum absolute atomic E-state index is 10.2. The monoisotopic (exact) mass is 270 g/mol. The molecule has 0 saturated heterocycles. The van der Waals surface area contributed by atoms with E-state index < -0.39 is 5.60 Å². The van der Waals surface area contributed by atoms with Crippen LogP contribution in [0.5, 0.6) is 6.01 Å². The highest BCUT2D eigenvalue weighted by molar-refractivity contribution is 5.35. The Kier molecular flexibility index (Phi) is 5.71. The minimum Gasteiger partial charge on any atom is -0.464 e. The van der Waals surface area contributed by atoms with Crippen molar-refractivity contribution >= 4 is 11.9 Å². The van der Waals surface area contributed by atoms with Crippen molar-refractivity contribution in [1.29, 1.82) is 0 Å². The lowest BCUT2D eigenvalue weighted by atomic mass is 9.98. The van der Waals surface area contributed by atoms with Crippen LogP contribution in [0.1, 0.15) is 33.6 Å². The van der Waals surface area contributed by atoms with Gasteiger partial charge in [0.2, 0.25) is 11.9 Å². The molecule has 0 aliphatic rings. The Bertz CT molecular complexity index is 397. The van der Waals surface area contributed by atoms with Crippen LogP contribution in [0.15, 0.2) is 0 Å². The molecule has 1 aromatic rings. The number of aromatic nitrogens is 3. The van der Waals surface area contributed by atoms with Crippen LogP contribution in [0.3, 0.4) is 0 Å². The van der Waals surface area contributed by atoms with Crippen LogP contribution in [-0.4, -0.2) is 38.8 Å². The summed E-state index contributed by atoms with van der Waals surface area (Å²) < 4.78 is 5.21. The van der Waals surface area contributed by atoms with Crippen molar-refractivity contribution in [3.05, 3.63) is 0 Å². The SMILES string of the molecule is CCOc1nc(NN)nc(NCC(O)(CC)CC)n1. The van der Waals surface area contributed by atoms with E-state index in [4.69, 9.17) is 10.6 Å².